The van der Waals surface area contributed by atoms with E-state index in [1.54, 1.807) is 25.3 Å². The molecule has 0 spiro atoms. The van der Waals surface area contributed by atoms with Gasteiger partial charge in [-0.15, -0.1) is 0 Å². The summed E-state index contributed by atoms with van der Waals surface area (Å²) < 4.78 is 10.8. The topological polar surface area (TPSA) is 108 Å². The molecule has 160 valence electrons. The molecule has 1 fully saturated rings. The van der Waals surface area contributed by atoms with Gasteiger partial charge >= 0.3 is 0 Å². The maximum Gasteiger partial charge on any atom is 0.257 e. The minimum absolute atomic E-state index is 0.0272. The molecular formula is C22H28N4O4. The lowest BCUT2D eigenvalue weighted by molar-refractivity contribution is -0.117. The molecular weight excluding hydrogens is 384 g/mol. The summed E-state index contributed by atoms with van der Waals surface area (Å²) in [5, 5.41) is 0. The van der Waals surface area contributed by atoms with Gasteiger partial charge in [0.25, 0.3) is 5.91 Å². The Morgan fingerprint density at radius 2 is 1.87 bits per heavy atom. The van der Waals surface area contributed by atoms with Gasteiger partial charge in [0.05, 0.1) is 26.2 Å². The van der Waals surface area contributed by atoms with Gasteiger partial charge in [0.15, 0.2) is 11.5 Å². The summed E-state index contributed by atoms with van der Waals surface area (Å²) >= 11 is 0. The fourth-order valence-electron chi connectivity index (χ4n) is 3.98. The minimum Gasteiger partial charge on any atom is -0.493 e. The van der Waals surface area contributed by atoms with Crippen molar-refractivity contribution >= 4 is 11.8 Å². The Morgan fingerprint density at radius 1 is 1.17 bits per heavy atom. The number of hydrogen-bond donors (Lipinski definition) is 1. The Bertz CT molecular complexity index is 937. The number of piperidine rings is 1. The molecule has 2 N–H and O–H groups in total. The van der Waals surface area contributed by atoms with Gasteiger partial charge < -0.3 is 20.1 Å². The number of carbonyl (C=O) groups is 2. The molecule has 2 amide bonds. The Morgan fingerprint density at radius 3 is 2.47 bits per heavy atom. The maximum absolute atomic E-state index is 13.2. The van der Waals surface area contributed by atoms with E-state index in [4.69, 9.17) is 15.2 Å². The number of rotatable bonds is 6. The average Bonchev–Trinajstić information content (AvgIpc) is 2.74. The third-order valence-corrected chi connectivity index (χ3v) is 5.50. The van der Waals surface area contributed by atoms with E-state index in [9.17, 15) is 9.59 Å². The van der Waals surface area contributed by atoms with Crippen molar-refractivity contribution in [2.24, 2.45) is 5.73 Å². The Hall–Kier alpha value is -3.16. The SMILES string of the molecule is COc1cccc(C(=O)N2CCCC(c3nc(C)c(CC(N)=O)c(C)n3)C2)c1OC. The molecule has 1 aliphatic heterocycles. The number of nitrogens with zero attached hydrogens (tertiary/aromatic N) is 3. The van der Waals surface area contributed by atoms with E-state index in [-0.39, 0.29) is 18.2 Å². The third-order valence-electron chi connectivity index (χ3n) is 5.50. The predicted molar refractivity (Wildman–Crippen MR) is 112 cm³/mol. The molecule has 0 aliphatic carbocycles. The summed E-state index contributed by atoms with van der Waals surface area (Å²) in [5.74, 6) is 1.18. The molecule has 1 saturated heterocycles. The minimum atomic E-state index is -0.403. The van der Waals surface area contributed by atoms with E-state index >= 15 is 0 Å². The molecule has 1 aromatic heterocycles. The Kier molecular flexibility index (Phi) is 6.54. The number of para-hydroxylation sites is 1. The summed E-state index contributed by atoms with van der Waals surface area (Å²) in [7, 11) is 3.08. The largest absolute Gasteiger partial charge is 0.493 e. The highest BCUT2D eigenvalue weighted by atomic mass is 16.5. The van der Waals surface area contributed by atoms with Crippen LogP contribution < -0.4 is 15.2 Å². The molecule has 0 bridgehead atoms. The molecule has 2 heterocycles. The number of methoxy groups -OCH3 is 2. The van der Waals surface area contributed by atoms with E-state index in [0.29, 0.717) is 36.0 Å². The first kappa shape index (κ1) is 21.5. The molecule has 1 atom stereocenters. The van der Waals surface area contributed by atoms with Crippen molar-refractivity contribution in [3.63, 3.8) is 0 Å². The number of likely N-dealkylation sites (tertiary alicyclic amines) is 1. The van der Waals surface area contributed by atoms with E-state index in [1.807, 2.05) is 18.7 Å². The zero-order valence-corrected chi connectivity index (χ0v) is 17.9. The van der Waals surface area contributed by atoms with Gasteiger partial charge in [-0.25, -0.2) is 9.97 Å². The second-order valence-corrected chi connectivity index (χ2v) is 7.51. The second-order valence-electron chi connectivity index (χ2n) is 7.51. The molecule has 8 heteroatoms. The van der Waals surface area contributed by atoms with Gasteiger partial charge in [-0.3, -0.25) is 9.59 Å². The van der Waals surface area contributed by atoms with E-state index in [0.717, 1.165) is 29.8 Å². The summed E-state index contributed by atoms with van der Waals surface area (Å²) in [6, 6.07) is 5.29. The highest BCUT2D eigenvalue weighted by Gasteiger charge is 2.30. The quantitative estimate of drug-likeness (QED) is 0.779. The van der Waals surface area contributed by atoms with Crippen molar-refractivity contribution in [1.29, 1.82) is 0 Å². The molecule has 1 unspecified atom stereocenters. The number of amides is 2. The van der Waals surface area contributed by atoms with E-state index in [2.05, 4.69) is 9.97 Å². The van der Waals surface area contributed by atoms with Gasteiger partial charge in [-0.2, -0.15) is 0 Å². The van der Waals surface area contributed by atoms with Crippen LogP contribution in [0.2, 0.25) is 0 Å². The highest BCUT2D eigenvalue weighted by Crippen LogP contribution is 2.33. The molecule has 1 aromatic carbocycles. The molecule has 1 aliphatic rings. The normalized spacial score (nSPS) is 16.3. The highest BCUT2D eigenvalue weighted by molar-refractivity contribution is 5.98. The van der Waals surface area contributed by atoms with Gasteiger partial charge in [-0.1, -0.05) is 6.07 Å². The van der Waals surface area contributed by atoms with Crippen LogP contribution in [-0.2, 0) is 11.2 Å². The van der Waals surface area contributed by atoms with Gasteiger partial charge in [0, 0.05) is 36.0 Å². The monoisotopic (exact) mass is 412 g/mol. The van der Waals surface area contributed by atoms with Crippen LogP contribution in [0.15, 0.2) is 18.2 Å². The number of nitrogens with two attached hydrogens (primary N) is 1. The van der Waals surface area contributed by atoms with E-state index in [1.165, 1.54) is 7.11 Å². The zero-order valence-electron chi connectivity index (χ0n) is 17.9. The zero-order chi connectivity index (χ0) is 21.8. The van der Waals surface area contributed by atoms with Crippen LogP contribution in [-0.4, -0.2) is 54.0 Å². The third kappa shape index (κ3) is 4.37. The van der Waals surface area contributed by atoms with Gasteiger partial charge in [-0.05, 0) is 38.8 Å². The van der Waals surface area contributed by atoms with Crippen LogP contribution >= 0.6 is 0 Å². The first-order chi connectivity index (χ1) is 14.3. The van der Waals surface area contributed by atoms with Gasteiger partial charge in [0.1, 0.15) is 5.82 Å². The number of benzene rings is 1. The first-order valence-corrected chi connectivity index (χ1v) is 9.98. The van der Waals surface area contributed by atoms with E-state index < -0.39 is 5.91 Å². The lowest BCUT2D eigenvalue weighted by Crippen LogP contribution is -2.39. The summed E-state index contributed by atoms with van der Waals surface area (Å²) in [6.07, 6.45) is 1.88. The molecule has 0 saturated carbocycles. The van der Waals surface area contributed by atoms with Crippen LogP contribution in [0.4, 0.5) is 0 Å². The molecule has 3 rings (SSSR count). The molecule has 2 aromatic rings. The average molecular weight is 412 g/mol. The van der Waals surface area contributed by atoms with Crippen LogP contribution in [0.25, 0.3) is 0 Å². The van der Waals surface area contributed by atoms with Crippen LogP contribution in [0.1, 0.15) is 51.9 Å². The van der Waals surface area contributed by atoms with Crippen molar-refractivity contribution in [3.05, 3.63) is 46.5 Å². The predicted octanol–water partition coefficient (Wildman–Crippen LogP) is 2.16. The van der Waals surface area contributed by atoms with Crippen LogP contribution in [0.3, 0.4) is 0 Å². The second kappa shape index (κ2) is 9.11. The number of ether oxygens (including phenoxy) is 2. The first-order valence-electron chi connectivity index (χ1n) is 9.98. The summed E-state index contributed by atoms with van der Waals surface area (Å²) in [4.78, 5) is 35.6. The van der Waals surface area contributed by atoms with Crippen molar-refractivity contribution in [1.82, 2.24) is 14.9 Å². The van der Waals surface area contributed by atoms with Crippen LogP contribution in [0, 0.1) is 13.8 Å². The van der Waals surface area contributed by atoms with Crippen LogP contribution in [0.5, 0.6) is 11.5 Å². The lowest BCUT2D eigenvalue weighted by Gasteiger charge is -2.32. The maximum atomic E-state index is 13.2. The molecule has 30 heavy (non-hydrogen) atoms. The standard InChI is InChI=1S/C22H28N4O4/c1-13-17(11-19(23)27)14(2)25-21(24-13)15-7-6-10-26(12-15)22(28)16-8-5-9-18(29-3)20(16)30-4/h5,8-9,15H,6-7,10-12H2,1-4H3,(H2,23,27). The van der Waals surface area contributed by atoms with Crippen molar-refractivity contribution < 1.29 is 19.1 Å². The fraction of sp³-hybridized carbons (Fsp3) is 0.455. The van der Waals surface area contributed by atoms with Gasteiger partial charge in [0.2, 0.25) is 5.91 Å². The van der Waals surface area contributed by atoms with Crippen molar-refractivity contribution in [2.45, 2.75) is 39.0 Å². The number of carbonyl (C=O) groups excluding carboxylic acids is 2. The smallest absolute Gasteiger partial charge is 0.257 e. The fourth-order valence-corrected chi connectivity index (χ4v) is 3.98. The summed E-state index contributed by atoms with van der Waals surface area (Å²) in [6.45, 7) is 4.91. The summed E-state index contributed by atoms with van der Waals surface area (Å²) in [5.41, 5.74) is 8.10. The molecule has 0 radical (unpaired) electrons. The van der Waals surface area contributed by atoms with Crippen molar-refractivity contribution in [2.75, 3.05) is 27.3 Å². The Balaban J connectivity index is 1.84. The lowest BCUT2D eigenvalue weighted by atomic mass is 9.95. The number of aryl methyl sites for hydroxylation is 2. The molecule has 8 nitrogen and oxygen atoms in total. The van der Waals surface area contributed by atoms with Crippen molar-refractivity contribution in [3.8, 4) is 11.5 Å². The Labute approximate surface area is 176 Å². The number of primary amides is 1. The number of aromatic nitrogens is 2. The number of hydrogen-bond acceptors (Lipinski definition) is 6.